The molecule has 0 bridgehead atoms. The number of aromatic amines is 1. The number of aromatic nitrogens is 5. The van der Waals surface area contributed by atoms with E-state index in [1.807, 2.05) is 51.1 Å². The van der Waals surface area contributed by atoms with Gasteiger partial charge < -0.3 is 24.4 Å². The number of carbonyl (C=O) groups is 2. The van der Waals surface area contributed by atoms with Crippen molar-refractivity contribution >= 4 is 28.8 Å². The van der Waals surface area contributed by atoms with E-state index in [1.165, 1.54) is 0 Å². The van der Waals surface area contributed by atoms with Gasteiger partial charge in [0.25, 0.3) is 11.8 Å². The predicted octanol–water partition coefficient (Wildman–Crippen LogP) is 2.10. The molecule has 11 nitrogen and oxygen atoms in total. The van der Waals surface area contributed by atoms with E-state index < -0.39 is 0 Å². The van der Waals surface area contributed by atoms with Gasteiger partial charge in [0, 0.05) is 57.3 Å². The first kappa shape index (κ1) is 23.7. The molecule has 2 unspecified atom stereocenters. The summed E-state index contributed by atoms with van der Waals surface area (Å²) in [5.41, 5.74) is 3.23. The highest BCUT2D eigenvalue weighted by Crippen LogP contribution is 2.33. The van der Waals surface area contributed by atoms with Crippen LogP contribution < -0.4 is 4.90 Å². The number of nitrogens with one attached hydrogen (secondary N) is 1. The van der Waals surface area contributed by atoms with Gasteiger partial charge in [-0.15, -0.1) is 0 Å². The van der Waals surface area contributed by atoms with E-state index in [2.05, 4.69) is 24.9 Å². The molecule has 39 heavy (non-hydrogen) atoms. The molecule has 1 aromatic carbocycles. The first-order chi connectivity index (χ1) is 19.1. The second-order valence-electron chi connectivity index (χ2n) is 10.3. The lowest BCUT2D eigenvalue weighted by Gasteiger charge is -2.27. The van der Waals surface area contributed by atoms with Gasteiger partial charge in [-0.25, -0.2) is 19.9 Å². The molecule has 3 aliphatic rings. The van der Waals surface area contributed by atoms with Crippen LogP contribution in [0.15, 0.2) is 54.7 Å². The number of fused-ring (bicyclic) bond motifs is 2. The molecule has 2 amide bonds. The number of morpholine rings is 1. The third-order valence-electron chi connectivity index (χ3n) is 7.82. The number of amides is 2. The molecule has 198 valence electrons. The van der Waals surface area contributed by atoms with Gasteiger partial charge in [0.2, 0.25) is 5.95 Å². The highest BCUT2D eigenvalue weighted by atomic mass is 16.5. The molecular formula is C28H28N8O3. The van der Waals surface area contributed by atoms with Gasteiger partial charge in [0.15, 0.2) is 5.82 Å². The van der Waals surface area contributed by atoms with Gasteiger partial charge in [-0.05, 0) is 30.3 Å². The number of rotatable bonds is 4. The summed E-state index contributed by atoms with van der Waals surface area (Å²) in [5.74, 6) is 1.50. The molecule has 3 aliphatic heterocycles. The van der Waals surface area contributed by atoms with Gasteiger partial charge in [-0.3, -0.25) is 9.59 Å². The van der Waals surface area contributed by atoms with Crippen LogP contribution in [0, 0.1) is 11.8 Å². The van der Waals surface area contributed by atoms with E-state index in [-0.39, 0.29) is 23.7 Å². The number of hydrogen-bond donors (Lipinski definition) is 1. The number of anilines is 1. The lowest BCUT2D eigenvalue weighted by Crippen LogP contribution is -2.38. The maximum absolute atomic E-state index is 13.4. The number of likely N-dealkylation sites (tertiary alicyclic amines) is 2. The van der Waals surface area contributed by atoms with Crippen molar-refractivity contribution in [1.29, 1.82) is 0 Å². The molecule has 3 aromatic heterocycles. The predicted molar refractivity (Wildman–Crippen MR) is 143 cm³/mol. The van der Waals surface area contributed by atoms with Gasteiger partial charge in [0.1, 0.15) is 17.1 Å². The summed E-state index contributed by atoms with van der Waals surface area (Å²) in [7, 11) is 0. The second kappa shape index (κ2) is 9.73. The molecule has 1 N–H and O–H groups in total. The minimum atomic E-state index is -0.0915. The quantitative estimate of drug-likeness (QED) is 0.431. The third kappa shape index (κ3) is 4.48. The maximum Gasteiger partial charge on any atom is 0.272 e. The van der Waals surface area contributed by atoms with E-state index in [1.54, 1.807) is 18.3 Å². The monoisotopic (exact) mass is 524 g/mol. The van der Waals surface area contributed by atoms with Gasteiger partial charge in [-0.1, -0.05) is 18.2 Å². The lowest BCUT2D eigenvalue weighted by atomic mass is 10.0. The fraction of sp³-hybridized carbons (Fsp3) is 0.357. The molecule has 4 aromatic rings. The van der Waals surface area contributed by atoms with Crippen LogP contribution in [0.3, 0.4) is 0 Å². The summed E-state index contributed by atoms with van der Waals surface area (Å²) in [5, 5.41) is 0. The van der Waals surface area contributed by atoms with Crippen molar-refractivity contribution in [3.8, 4) is 11.5 Å². The van der Waals surface area contributed by atoms with Crippen LogP contribution in [0.25, 0.3) is 22.6 Å². The third-order valence-corrected chi connectivity index (χ3v) is 7.82. The largest absolute Gasteiger partial charge is 0.378 e. The van der Waals surface area contributed by atoms with Crippen LogP contribution in [-0.4, -0.2) is 99.0 Å². The Morgan fingerprint density at radius 3 is 2.21 bits per heavy atom. The number of hydrogen-bond acceptors (Lipinski definition) is 8. The van der Waals surface area contributed by atoms with Crippen molar-refractivity contribution in [3.63, 3.8) is 0 Å². The van der Waals surface area contributed by atoms with Crippen molar-refractivity contribution in [1.82, 2.24) is 34.7 Å². The van der Waals surface area contributed by atoms with Crippen LogP contribution in [-0.2, 0) is 4.74 Å². The van der Waals surface area contributed by atoms with Crippen LogP contribution in [0.4, 0.5) is 5.95 Å². The average molecular weight is 525 g/mol. The Kier molecular flexibility index (Phi) is 5.92. The van der Waals surface area contributed by atoms with Crippen LogP contribution >= 0.6 is 0 Å². The zero-order valence-corrected chi connectivity index (χ0v) is 21.4. The Balaban J connectivity index is 1.01. The summed E-state index contributed by atoms with van der Waals surface area (Å²) >= 11 is 0. The summed E-state index contributed by atoms with van der Waals surface area (Å²) in [6.07, 6.45) is 1.65. The summed E-state index contributed by atoms with van der Waals surface area (Å²) in [4.78, 5) is 53.9. The van der Waals surface area contributed by atoms with Crippen molar-refractivity contribution in [2.75, 3.05) is 57.4 Å². The Morgan fingerprint density at radius 1 is 0.795 bits per heavy atom. The molecule has 2 atom stereocenters. The van der Waals surface area contributed by atoms with E-state index in [0.717, 1.165) is 11.0 Å². The first-order valence-corrected chi connectivity index (χ1v) is 13.3. The summed E-state index contributed by atoms with van der Waals surface area (Å²) in [6, 6.07) is 14.9. The number of pyridine rings is 1. The zero-order valence-electron chi connectivity index (χ0n) is 21.4. The standard InChI is InChI=1S/C28H28N8O3/c37-26(23-7-3-6-22(30-23)25-31-20-4-1-2-5-21(20)32-25)35-14-18-16-36(17-19(18)15-35)27(38)24-8-9-29-28(33-24)34-10-12-39-13-11-34/h1-9,18-19H,10-17H2,(H,31,32). The normalized spacial score (nSPS) is 21.0. The number of nitrogens with zero attached hydrogens (tertiary/aromatic N) is 7. The van der Waals surface area contributed by atoms with E-state index in [9.17, 15) is 9.59 Å². The number of para-hydroxylation sites is 2. The van der Waals surface area contributed by atoms with Crippen LogP contribution in [0.1, 0.15) is 21.0 Å². The minimum absolute atomic E-state index is 0.0839. The summed E-state index contributed by atoms with van der Waals surface area (Å²) < 4.78 is 5.41. The molecular weight excluding hydrogens is 496 g/mol. The fourth-order valence-corrected chi connectivity index (χ4v) is 5.79. The van der Waals surface area contributed by atoms with Gasteiger partial charge >= 0.3 is 0 Å². The molecule has 0 saturated carbocycles. The van der Waals surface area contributed by atoms with Gasteiger partial charge in [-0.2, -0.15) is 0 Å². The van der Waals surface area contributed by atoms with Crippen LogP contribution in [0.5, 0.6) is 0 Å². The molecule has 6 heterocycles. The smallest absolute Gasteiger partial charge is 0.272 e. The molecule has 3 saturated heterocycles. The molecule has 11 heteroatoms. The highest BCUT2D eigenvalue weighted by molar-refractivity contribution is 5.94. The topological polar surface area (TPSA) is 120 Å². The maximum atomic E-state index is 13.4. The Morgan fingerprint density at radius 2 is 1.49 bits per heavy atom. The fourth-order valence-electron chi connectivity index (χ4n) is 5.79. The lowest BCUT2D eigenvalue weighted by molar-refractivity contribution is 0.0732. The molecule has 0 radical (unpaired) electrons. The first-order valence-electron chi connectivity index (χ1n) is 13.3. The van der Waals surface area contributed by atoms with E-state index >= 15 is 0 Å². The number of H-pyrrole nitrogens is 1. The number of carbonyl (C=O) groups excluding carboxylic acids is 2. The van der Waals surface area contributed by atoms with Crippen molar-refractivity contribution in [2.45, 2.75) is 0 Å². The molecule has 7 rings (SSSR count). The van der Waals surface area contributed by atoms with E-state index in [0.29, 0.717) is 81.3 Å². The van der Waals surface area contributed by atoms with E-state index in [4.69, 9.17) is 4.74 Å². The molecule has 0 spiro atoms. The van der Waals surface area contributed by atoms with Crippen molar-refractivity contribution in [3.05, 3.63) is 66.1 Å². The SMILES string of the molecule is O=C(c1cccc(-c2nc3ccccc3[nH]2)n1)N1CC2CN(C(=O)c3ccnc(N4CCOCC4)n3)CC2C1. The van der Waals surface area contributed by atoms with Crippen molar-refractivity contribution < 1.29 is 14.3 Å². The number of benzene rings is 1. The Hall–Kier alpha value is -4.38. The molecule has 3 fully saturated rings. The van der Waals surface area contributed by atoms with Crippen LogP contribution in [0.2, 0.25) is 0 Å². The van der Waals surface area contributed by atoms with Crippen molar-refractivity contribution in [2.24, 2.45) is 11.8 Å². The Bertz CT molecular complexity index is 1500. The average Bonchev–Trinajstić information content (AvgIpc) is 3.71. The zero-order chi connectivity index (χ0) is 26.3. The second-order valence-corrected chi connectivity index (χ2v) is 10.3. The minimum Gasteiger partial charge on any atom is -0.378 e. The number of imidazole rings is 1. The van der Waals surface area contributed by atoms with Gasteiger partial charge in [0.05, 0.1) is 24.2 Å². The summed E-state index contributed by atoms with van der Waals surface area (Å²) in [6.45, 7) is 5.11. The number of ether oxygens (including phenoxy) is 1. The Labute approximate surface area is 224 Å². The highest BCUT2D eigenvalue weighted by Gasteiger charge is 2.43. The molecule has 0 aliphatic carbocycles.